The minimum Gasteiger partial charge on any atom is -0.459 e. The SMILES string of the molecule is CC(CC(=O)OC(C)C(C)OC(=O)CC(C)CC(C)(C)C)CC(C)(C)C. The van der Waals surface area contributed by atoms with Gasteiger partial charge in [-0.1, -0.05) is 55.4 Å². The van der Waals surface area contributed by atoms with Crippen molar-refractivity contribution in [3.8, 4) is 0 Å². The summed E-state index contributed by atoms with van der Waals surface area (Å²) in [6.07, 6.45) is 1.84. The van der Waals surface area contributed by atoms with Crippen LogP contribution in [0.15, 0.2) is 0 Å². The maximum Gasteiger partial charge on any atom is 0.306 e. The van der Waals surface area contributed by atoms with Crippen LogP contribution in [0.1, 0.15) is 94.9 Å². The van der Waals surface area contributed by atoms with E-state index in [1.807, 2.05) is 0 Å². The molecule has 4 atom stereocenters. The van der Waals surface area contributed by atoms with Gasteiger partial charge < -0.3 is 9.47 Å². The number of ether oxygens (including phenoxy) is 2. The van der Waals surface area contributed by atoms with Gasteiger partial charge in [-0.05, 0) is 49.4 Å². The molecule has 0 spiro atoms. The van der Waals surface area contributed by atoms with Gasteiger partial charge >= 0.3 is 11.9 Å². The molecular formula is C22H42O4. The molecule has 0 aliphatic heterocycles. The fourth-order valence-electron chi connectivity index (χ4n) is 3.51. The largest absolute Gasteiger partial charge is 0.459 e. The van der Waals surface area contributed by atoms with Gasteiger partial charge in [0.25, 0.3) is 0 Å². The summed E-state index contributed by atoms with van der Waals surface area (Å²) in [6.45, 7) is 20.7. The third kappa shape index (κ3) is 13.2. The summed E-state index contributed by atoms with van der Waals surface area (Å²) in [5.41, 5.74) is 0.385. The standard InChI is InChI=1S/C22H42O4/c1-15(13-21(5,6)7)11-19(23)25-17(3)18(4)26-20(24)12-16(2)14-22(8,9)10/h15-18H,11-14H2,1-10H3. The summed E-state index contributed by atoms with van der Waals surface area (Å²) in [5, 5.41) is 0. The van der Waals surface area contributed by atoms with Crippen LogP contribution in [0.2, 0.25) is 0 Å². The summed E-state index contributed by atoms with van der Waals surface area (Å²) in [7, 11) is 0. The molecule has 0 radical (unpaired) electrons. The van der Waals surface area contributed by atoms with Crippen molar-refractivity contribution in [2.24, 2.45) is 22.7 Å². The Labute approximate surface area is 161 Å². The van der Waals surface area contributed by atoms with Crippen molar-refractivity contribution in [2.75, 3.05) is 0 Å². The van der Waals surface area contributed by atoms with Gasteiger partial charge in [0.1, 0.15) is 12.2 Å². The Bertz CT molecular complexity index is 400. The average molecular weight is 371 g/mol. The number of hydrogen-bond donors (Lipinski definition) is 0. The lowest BCUT2D eigenvalue weighted by molar-refractivity contribution is -0.166. The second-order valence-corrected chi connectivity index (χ2v) is 10.5. The highest BCUT2D eigenvalue weighted by atomic mass is 16.6. The summed E-state index contributed by atoms with van der Waals surface area (Å²) < 4.78 is 10.9. The number of hydrogen-bond acceptors (Lipinski definition) is 4. The first-order valence-corrected chi connectivity index (χ1v) is 9.98. The number of carbonyl (C=O) groups is 2. The Morgan fingerprint density at radius 1 is 0.654 bits per heavy atom. The number of rotatable bonds is 9. The Morgan fingerprint density at radius 2 is 0.923 bits per heavy atom. The molecule has 0 aromatic rings. The molecule has 0 aromatic carbocycles. The molecule has 0 aliphatic rings. The third-order valence-electron chi connectivity index (χ3n) is 4.25. The number of carbonyl (C=O) groups excluding carboxylic acids is 2. The van der Waals surface area contributed by atoms with Crippen LogP contribution in [-0.4, -0.2) is 24.1 Å². The van der Waals surface area contributed by atoms with Crippen molar-refractivity contribution in [2.45, 2.75) is 107 Å². The van der Waals surface area contributed by atoms with Crippen LogP contribution in [0.3, 0.4) is 0 Å². The Hall–Kier alpha value is -1.06. The zero-order valence-corrected chi connectivity index (χ0v) is 18.8. The van der Waals surface area contributed by atoms with Gasteiger partial charge in [0, 0.05) is 12.8 Å². The molecule has 26 heavy (non-hydrogen) atoms. The maximum absolute atomic E-state index is 12.1. The van der Waals surface area contributed by atoms with Gasteiger partial charge in [0.2, 0.25) is 0 Å². The first kappa shape index (κ1) is 24.9. The van der Waals surface area contributed by atoms with Crippen LogP contribution >= 0.6 is 0 Å². The van der Waals surface area contributed by atoms with E-state index in [9.17, 15) is 9.59 Å². The second kappa shape index (κ2) is 10.3. The van der Waals surface area contributed by atoms with Crippen molar-refractivity contribution in [1.29, 1.82) is 0 Å². The fourth-order valence-corrected chi connectivity index (χ4v) is 3.51. The quantitative estimate of drug-likeness (QED) is 0.483. The Balaban J connectivity index is 4.31. The molecule has 0 amide bonds. The lowest BCUT2D eigenvalue weighted by atomic mass is 9.84. The molecular weight excluding hydrogens is 328 g/mol. The molecule has 0 aromatic heterocycles. The predicted octanol–water partition coefficient (Wildman–Crippen LogP) is 5.77. The predicted molar refractivity (Wildman–Crippen MR) is 107 cm³/mol. The monoisotopic (exact) mass is 370 g/mol. The van der Waals surface area contributed by atoms with Crippen molar-refractivity contribution in [3.63, 3.8) is 0 Å². The van der Waals surface area contributed by atoms with Crippen LogP contribution in [0.4, 0.5) is 0 Å². The third-order valence-corrected chi connectivity index (χ3v) is 4.25. The highest BCUT2D eigenvalue weighted by Crippen LogP contribution is 2.27. The molecule has 0 N–H and O–H groups in total. The summed E-state index contributed by atoms with van der Waals surface area (Å²) >= 11 is 0. The van der Waals surface area contributed by atoms with Crippen molar-refractivity contribution in [1.82, 2.24) is 0 Å². The van der Waals surface area contributed by atoms with E-state index in [0.717, 1.165) is 12.8 Å². The molecule has 154 valence electrons. The van der Waals surface area contributed by atoms with E-state index in [0.29, 0.717) is 12.8 Å². The molecule has 0 heterocycles. The van der Waals surface area contributed by atoms with Gasteiger partial charge in [-0.3, -0.25) is 9.59 Å². The lowest BCUT2D eigenvalue weighted by Crippen LogP contribution is -2.31. The zero-order chi connectivity index (χ0) is 20.7. The Kier molecular flexibility index (Phi) is 9.90. The zero-order valence-electron chi connectivity index (χ0n) is 18.8. The van der Waals surface area contributed by atoms with Gasteiger partial charge in [-0.2, -0.15) is 0 Å². The van der Waals surface area contributed by atoms with Gasteiger partial charge in [0.15, 0.2) is 0 Å². The van der Waals surface area contributed by atoms with Gasteiger partial charge in [-0.15, -0.1) is 0 Å². The highest BCUT2D eigenvalue weighted by molar-refractivity contribution is 5.71. The van der Waals surface area contributed by atoms with Gasteiger partial charge in [0.05, 0.1) is 0 Å². The lowest BCUT2D eigenvalue weighted by Gasteiger charge is -2.25. The van der Waals surface area contributed by atoms with Crippen LogP contribution in [0.5, 0.6) is 0 Å². The van der Waals surface area contributed by atoms with Gasteiger partial charge in [-0.25, -0.2) is 0 Å². The molecule has 0 saturated heterocycles. The van der Waals surface area contributed by atoms with E-state index >= 15 is 0 Å². The smallest absolute Gasteiger partial charge is 0.306 e. The van der Waals surface area contributed by atoms with Crippen LogP contribution < -0.4 is 0 Å². The van der Waals surface area contributed by atoms with E-state index in [2.05, 4.69) is 55.4 Å². The summed E-state index contributed by atoms with van der Waals surface area (Å²) in [5.74, 6) is 0.0908. The van der Waals surface area contributed by atoms with Crippen molar-refractivity contribution >= 4 is 11.9 Å². The molecule has 0 rings (SSSR count). The fraction of sp³-hybridized carbons (Fsp3) is 0.909. The first-order chi connectivity index (χ1) is 11.6. The number of esters is 2. The van der Waals surface area contributed by atoms with E-state index in [1.54, 1.807) is 13.8 Å². The van der Waals surface area contributed by atoms with Crippen molar-refractivity contribution in [3.05, 3.63) is 0 Å². The van der Waals surface area contributed by atoms with E-state index in [4.69, 9.17) is 9.47 Å². The van der Waals surface area contributed by atoms with E-state index in [-0.39, 0.29) is 34.6 Å². The van der Waals surface area contributed by atoms with E-state index in [1.165, 1.54) is 0 Å². The molecule has 0 aliphatic carbocycles. The second-order valence-electron chi connectivity index (χ2n) is 10.5. The average Bonchev–Trinajstić information content (AvgIpc) is 2.32. The van der Waals surface area contributed by atoms with Crippen molar-refractivity contribution < 1.29 is 19.1 Å². The molecule has 0 saturated carbocycles. The van der Waals surface area contributed by atoms with E-state index < -0.39 is 12.2 Å². The highest BCUT2D eigenvalue weighted by Gasteiger charge is 2.25. The Morgan fingerprint density at radius 3 is 1.15 bits per heavy atom. The van der Waals surface area contributed by atoms with Crippen LogP contribution in [-0.2, 0) is 19.1 Å². The first-order valence-electron chi connectivity index (χ1n) is 9.98. The molecule has 4 nitrogen and oxygen atoms in total. The topological polar surface area (TPSA) is 52.6 Å². The normalized spacial score (nSPS) is 17.2. The van der Waals surface area contributed by atoms with Crippen LogP contribution in [0.25, 0.3) is 0 Å². The minimum atomic E-state index is -0.439. The summed E-state index contributed by atoms with van der Waals surface area (Å²) in [4.78, 5) is 24.2. The molecule has 0 bridgehead atoms. The molecule has 0 fully saturated rings. The maximum atomic E-state index is 12.1. The minimum absolute atomic E-state index is 0.192. The van der Waals surface area contributed by atoms with Crippen LogP contribution in [0, 0.1) is 22.7 Å². The molecule has 4 heteroatoms. The molecule has 4 unspecified atom stereocenters. The summed E-state index contributed by atoms with van der Waals surface area (Å²) in [6, 6.07) is 0.